The fourth-order valence-electron chi connectivity index (χ4n) is 0.933. The Morgan fingerprint density at radius 1 is 1.25 bits per heavy atom. The van der Waals surface area contributed by atoms with Gasteiger partial charge in [0, 0.05) is 0 Å². The summed E-state index contributed by atoms with van der Waals surface area (Å²) in [6.07, 6.45) is -4.74. The molecule has 3 N–H and O–H groups in total. The lowest BCUT2D eigenvalue weighted by atomic mass is 10.3. The van der Waals surface area contributed by atoms with Crippen LogP contribution < -0.4 is 9.88 Å². The van der Waals surface area contributed by atoms with Crippen molar-refractivity contribution in [2.45, 2.75) is 11.3 Å². The van der Waals surface area contributed by atoms with E-state index in [-0.39, 0.29) is 10.6 Å². The molecule has 0 saturated heterocycles. The zero-order chi connectivity index (χ0) is 12.4. The first kappa shape index (κ1) is 13.1. The number of hydrogen-bond acceptors (Lipinski definition) is 4. The molecule has 0 saturated carbocycles. The van der Waals surface area contributed by atoms with Gasteiger partial charge in [-0.2, -0.15) is 0 Å². The van der Waals surface area contributed by atoms with E-state index in [1.54, 1.807) is 0 Å². The van der Waals surface area contributed by atoms with Crippen molar-refractivity contribution in [1.29, 1.82) is 0 Å². The Kier molecular flexibility index (Phi) is 3.68. The summed E-state index contributed by atoms with van der Waals surface area (Å²) in [7, 11) is -1.69. The van der Waals surface area contributed by atoms with E-state index in [0.29, 0.717) is 0 Å². The standard InChI is InChI=1S/C8H10F3NO3S/c1-14-16(12,13)7-4-2-6(3-5-7)15-8(9,10)11/h2-5,13H,12H2,1H3. The molecule has 0 bridgehead atoms. The van der Waals surface area contributed by atoms with Crippen LogP contribution in [0.5, 0.6) is 5.75 Å². The summed E-state index contributed by atoms with van der Waals surface area (Å²) in [5.41, 5.74) is 0. The molecule has 92 valence electrons. The maximum Gasteiger partial charge on any atom is 0.573 e. The van der Waals surface area contributed by atoms with E-state index < -0.39 is 17.1 Å². The van der Waals surface area contributed by atoms with E-state index in [4.69, 9.17) is 5.14 Å². The Morgan fingerprint density at radius 3 is 2.12 bits per heavy atom. The second-order valence-electron chi connectivity index (χ2n) is 2.75. The second-order valence-corrected chi connectivity index (χ2v) is 4.70. The van der Waals surface area contributed by atoms with Crippen LogP contribution in [0.4, 0.5) is 13.2 Å². The highest BCUT2D eigenvalue weighted by Gasteiger charge is 2.31. The normalized spacial score (nSPS) is 17.6. The van der Waals surface area contributed by atoms with E-state index in [2.05, 4.69) is 8.92 Å². The maximum absolute atomic E-state index is 11.8. The van der Waals surface area contributed by atoms with Crippen molar-refractivity contribution in [3.8, 4) is 5.75 Å². The highest BCUT2D eigenvalue weighted by molar-refractivity contribution is 8.23. The van der Waals surface area contributed by atoms with Crippen molar-refractivity contribution < 1.29 is 26.6 Å². The van der Waals surface area contributed by atoms with Crippen LogP contribution >= 0.6 is 10.8 Å². The molecule has 0 radical (unpaired) electrons. The van der Waals surface area contributed by atoms with Crippen molar-refractivity contribution in [3.05, 3.63) is 24.3 Å². The fourth-order valence-corrected chi connectivity index (χ4v) is 1.65. The molecule has 0 aliphatic carbocycles. The molecule has 0 aromatic heterocycles. The molecule has 0 aliphatic rings. The molecule has 0 fully saturated rings. The van der Waals surface area contributed by atoms with E-state index >= 15 is 0 Å². The van der Waals surface area contributed by atoms with Crippen molar-refractivity contribution in [2.24, 2.45) is 5.14 Å². The van der Waals surface area contributed by atoms with Crippen LogP contribution in [0.1, 0.15) is 0 Å². The number of benzene rings is 1. The number of alkyl halides is 3. The summed E-state index contributed by atoms with van der Waals surface area (Å²) in [6.45, 7) is 0. The van der Waals surface area contributed by atoms with Gasteiger partial charge in [0.15, 0.2) is 0 Å². The quantitative estimate of drug-likeness (QED) is 0.873. The topological polar surface area (TPSA) is 64.7 Å². The Morgan fingerprint density at radius 2 is 1.75 bits per heavy atom. The van der Waals surface area contributed by atoms with Gasteiger partial charge in [0.1, 0.15) is 5.75 Å². The summed E-state index contributed by atoms with van der Waals surface area (Å²) >= 11 is 0. The van der Waals surface area contributed by atoms with Crippen LogP contribution in [0.3, 0.4) is 0 Å². The number of halogens is 3. The third-order valence-electron chi connectivity index (χ3n) is 1.65. The highest BCUT2D eigenvalue weighted by atomic mass is 32.3. The van der Waals surface area contributed by atoms with E-state index in [0.717, 1.165) is 12.1 Å². The van der Waals surface area contributed by atoms with Gasteiger partial charge < -0.3 is 4.74 Å². The van der Waals surface area contributed by atoms with Gasteiger partial charge in [-0.1, -0.05) is 0 Å². The average molecular weight is 257 g/mol. The lowest BCUT2D eigenvalue weighted by Gasteiger charge is -2.31. The van der Waals surface area contributed by atoms with E-state index in [1.807, 2.05) is 0 Å². The van der Waals surface area contributed by atoms with Crippen LogP contribution in [0.25, 0.3) is 0 Å². The molecule has 0 amide bonds. The summed E-state index contributed by atoms with van der Waals surface area (Å²) < 4.78 is 53.2. The van der Waals surface area contributed by atoms with Gasteiger partial charge in [-0.25, -0.2) is 5.14 Å². The first-order valence-electron chi connectivity index (χ1n) is 3.99. The first-order valence-corrected chi connectivity index (χ1v) is 5.57. The summed E-state index contributed by atoms with van der Waals surface area (Å²) in [5, 5.41) is 5.37. The zero-order valence-electron chi connectivity index (χ0n) is 8.19. The SMILES string of the molecule is COS(N)(O)c1ccc(OC(F)(F)F)cc1. The molecule has 0 heterocycles. The van der Waals surface area contributed by atoms with Crippen molar-refractivity contribution in [3.63, 3.8) is 0 Å². The van der Waals surface area contributed by atoms with Crippen LogP contribution in [-0.4, -0.2) is 18.0 Å². The number of hydrogen-bond donors (Lipinski definition) is 2. The Balaban J connectivity index is 2.84. The summed E-state index contributed by atoms with van der Waals surface area (Å²) in [5.74, 6) is -0.387. The van der Waals surface area contributed by atoms with Gasteiger partial charge in [0.25, 0.3) is 0 Å². The zero-order valence-corrected chi connectivity index (χ0v) is 9.01. The van der Waals surface area contributed by atoms with Crippen LogP contribution in [0, 0.1) is 0 Å². The Hall–Kier alpha value is -0.960. The van der Waals surface area contributed by atoms with Gasteiger partial charge in [-0.15, -0.1) is 23.9 Å². The van der Waals surface area contributed by atoms with Crippen molar-refractivity contribution >= 4 is 10.8 Å². The predicted molar refractivity (Wildman–Crippen MR) is 52.8 cm³/mol. The molecule has 4 nitrogen and oxygen atoms in total. The monoisotopic (exact) mass is 257 g/mol. The van der Waals surface area contributed by atoms with Crippen molar-refractivity contribution in [1.82, 2.24) is 0 Å². The smallest absolute Gasteiger partial charge is 0.406 e. The third-order valence-corrected chi connectivity index (χ3v) is 3.10. The molecule has 1 aromatic carbocycles. The lowest BCUT2D eigenvalue weighted by molar-refractivity contribution is -0.274. The Bertz CT molecular complexity index is 353. The van der Waals surface area contributed by atoms with E-state index in [9.17, 15) is 17.7 Å². The van der Waals surface area contributed by atoms with Crippen molar-refractivity contribution in [2.75, 3.05) is 7.11 Å². The molecule has 0 spiro atoms. The van der Waals surface area contributed by atoms with Gasteiger partial charge >= 0.3 is 6.36 Å². The molecule has 1 unspecified atom stereocenters. The number of nitrogens with two attached hydrogens (primary N) is 1. The third kappa shape index (κ3) is 3.56. The van der Waals surface area contributed by atoms with Gasteiger partial charge in [0.05, 0.1) is 12.0 Å². The van der Waals surface area contributed by atoms with Crippen LogP contribution in [0.15, 0.2) is 29.2 Å². The van der Waals surface area contributed by atoms with Gasteiger partial charge in [-0.3, -0.25) is 8.74 Å². The summed E-state index contributed by atoms with van der Waals surface area (Å²) in [4.78, 5) is 0.199. The number of ether oxygens (including phenoxy) is 1. The molecule has 1 atom stereocenters. The molecule has 1 rings (SSSR count). The molecule has 8 heteroatoms. The first-order chi connectivity index (χ1) is 7.24. The molecule has 0 aliphatic heterocycles. The van der Waals surface area contributed by atoms with Gasteiger partial charge in [-0.05, 0) is 24.3 Å². The molecule has 16 heavy (non-hydrogen) atoms. The van der Waals surface area contributed by atoms with Crippen LogP contribution in [-0.2, 0) is 4.18 Å². The fraction of sp³-hybridized carbons (Fsp3) is 0.250. The minimum atomic E-state index is -4.74. The molecular weight excluding hydrogens is 247 g/mol. The molecule has 1 aromatic rings. The van der Waals surface area contributed by atoms with E-state index in [1.165, 1.54) is 19.2 Å². The highest BCUT2D eigenvalue weighted by Crippen LogP contribution is 2.45. The minimum Gasteiger partial charge on any atom is -0.406 e. The predicted octanol–water partition coefficient (Wildman–Crippen LogP) is 2.66. The maximum atomic E-state index is 11.8. The number of rotatable bonds is 3. The second kappa shape index (κ2) is 4.50. The average Bonchev–Trinajstić information content (AvgIpc) is 2.16. The Labute approximate surface area is 91.6 Å². The largest absolute Gasteiger partial charge is 0.573 e. The van der Waals surface area contributed by atoms with Gasteiger partial charge in [0.2, 0.25) is 0 Å². The lowest BCUT2D eigenvalue weighted by Crippen LogP contribution is -2.17. The minimum absolute atomic E-state index is 0.199. The van der Waals surface area contributed by atoms with Crippen LogP contribution in [0.2, 0.25) is 0 Å². The summed E-state index contributed by atoms with van der Waals surface area (Å²) in [6, 6.07) is 4.51. The molecular formula is C8H10F3NO3S.